The minimum Gasteiger partial charge on any atom is -0.490 e. The highest BCUT2D eigenvalue weighted by molar-refractivity contribution is 6.17. The first-order valence-electron chi connectivity index (χ1n) is 6.53. The molecule has 5 heteroatoms. The highest BCUT2D eigenvalue weighted by Crippen LogP contribution is 2.33. The number of ether oxygens (including phenoxy) is 2. The second kappa shape index (κ2) is 7.27. The van der Waals surface area contributed by atoms with Gasteiger partial charge in [-0.3, -0.25) is 0 Å². The van der Waals surface area contributed by atoms with Crippen molar-refractivity contribution in [2.75, 3.05) is 6.61 Å². The van der Waals surface area contributed by atoms with Crippen LogP contribution in [0, 0.1) is 11.6 Å². The molecule has 0 atom stereocenters. The van der Waals surface area contributed by atoms with Gasteiger partial charge in [-0.25, -0.2) is 8.78 Å². The molecule has 0 saturated heterocycles. The van der Waals surface area contributed by atoms with Crippen molar-refractivity contribution in [2.45, 2.75) is 19.4 Å². The largest absolute Gasteiger partial charge is 0.490 e. The Morgan fingerprint density at radius 1 is 1.05 bits per heavy atom. The predicted molar refractivity (Wildman–Crippen MR) is 77.9 cm³/mol. The molecule has 2 nitrogen and oxygen atoms in total. The van der Waals surface area contributed by atoms with E-state index in [0.29, 0.717) is 18.1 Å². The summed E-state index contributed by atoms with van der Waals surface area (Å²) in [6.07, 6.45) is 0. The van der Waals surface area contributed by atoms with Crippen LogP contribution in [0.25, 0.3) is 0 Å². The van der Waals surface area contributed by atoms with Crippen LogP contribution in [-0.2, 0) is 12.5 Å². The van der Waals surface area contributed by atoms with E-state index < -0.39 is 11.6 Å². The fraction of sp³-hybridized carbons (Fsp3) is 0.250. The van der Waals surface area contributed by atoms with E-state index in [9.17, 15) is 8.78 Å². The van der Waals surface area contributed by atoms with E-state index in [-0.39, 0.29) is 18.1 Å². The van der Waals surface area contributed by atoms with Crippen LogP contribution in [0.3, 0.4) is 0 Å². The minimum absolute atomic E-state index is 0.0277. The summed E-state index contributed by atoms with van der Waals surface area (Å²) >= 11 is 5.88. The lowest BCUT2D eigenvalue weighted by atomic mass is 10.2. The van der Waals surface area contributed by atoms with Crippen molar-refractivity contribution in [2.24, 2.45) is 0 Å². The molecule has 0 radical (unpaired) electrons. The molecule has 0 bridgehead atoms. The Kier molecular flexibility index (Phi) is 5.39. The zero-order chi connectivity index (χ0) is 15.2. The molecule has 2 aromatic rings. The van der Waals surface area contributed by atoms with E-state index >= 15 is 0 Å². The van der Waals surface area contributed by atoms with Crippen LogP contribution in [0.15, 0.2) is 36.4 Å². The van der Waals surface area contributed by atoms with Gasteiger partial charge in [-0.2, -0.15) is 0 Å². The van der Waals surface area contributed by atoms with Crippen LogP contribution in [0.2, 0.25) is 0 Å². The molecule has 0 aromatic heterocycles. The number of hydrogen-bond donors (Lipinski definition) is 0. The minimum atomic E-state index is -0.642. The maximum absolute atomic E-state index is 13.6. The average Bonchev–Trinajstić information content (AvgIpc) is 2.47. The molecule has 0 aliphatic heterocycles. The van der Waals surface area contributed by atoms with Gasteiger partial charge < -0.3 is 9.47 Å². The molecule has 0 amide bonds. The summed E-state index contributed by atoms with van der Waals surface area (Å²) in [5, 5.41) is 0. The standard InChI is InChI=1S/C16H15ClF2O2/c1-2-20-15-5-3-4-11(9-17)16(15)21-10-12-6-7-13(18)8-14(12)19/h3-8H,2,9-10H2,1H3. The van der Waals surface area contributed by atoms with Crippen LogP contribution in [0.5, 0.6) is 11.5 Å². The molecular formula is C16H15ClF2O2. The molecule has 0 saturated carbocycles. The molecule has 0 aliphatic rings. The van der Waals surface area contributed by atoms with Crippen molar-refractivity contribution in [1.29, 1.82) is 0 Å². The maximum Gasteiger partial charge on any atom is 0.166 e. The van der Waals surface area contributed by atoms with E-state index in [1.54, 1.807) is 6.07 Å². The zero-order valence-corrected chi connectivity index (χ0v) is 12.3. The molecular weight excluding hydrogens is 298 g/mol. The van der Waals surface area contributed by atoms with Gasteiger partial charge in [0.05, 0.1) is 12.5 Å². The summed E-state index contributed by atoms with van der Waals surface area (Å²) in [7, 11) is 0. The monoisotopic (exact) mass is 312 g/mol. The summed E-state index contributed by atoms with van der Waals surface area (Å²) < 4.78 is 37.6. The Morgan fingerprint density at radius 2 is 1.86 bits per heavy atom. The third kappa shape index (κ3) is 3.85. The Hall–Kier alpha value is -1.81. The summed E-state index contributed by atoms with van der Waals surface area (Å²) in [6, 6.07) is 8.76. The third-order valence-corrected chi connectivity index (χ3v) is 3.18. The quantitative estimate of drug-likeness (QED) is 0.721. The second-order valence-corrected chi connectivity index (χ2v) is 4.60. The SMILES string of the molecule is CCOc1cccc(CCl)c1OCc1ccc(F)cc1F. The number of para-hydroxylation sites is 1. The van der Waals surface area contributed by atoms with E-state index in [0.717, 1.165) is 11.6 Å². The maximum atomic E-state index is 13.6. The predicted octanol–water partition coefficient (Wildman–Crippen LogP) is 4.68. The molecule has 2 rings (SSSR count). The van der Waals surface area contributed by atoms with Gasteiger partial charge in [-0.05, 0) is 25.1 Å². The lowest BCUT2D eigenvalue weighted by Crippen LogP contribution is -2.03. The molecule has 2 aromatic carbocycles. The Balaban J connectivity index is 2.22. The van der Waals surface area contributed by atoms with E-state index in [1.807, 2.05) is 19.1 Å². The van der Waals surface area contributed by atoms with Crippen LogP contribution < -0.4 is 9.47 Å². The summed E-state index contributed by atoms with van der Waals surface area (Å²) in [4.78, 5) is 0. The third-order valence-electron chi connectivity index (χ3n) is 2.89. The molecule has 21 heavy (non-hydrogen) atoms. The molecule has 0 N–H and O–H groups in total. The number of benzene rings is 2. The van der Waals surface area contributed by atoms with Gasteiger partial charge in [0.2, 0.25) is 0 Å². The van der Waals surface area contributed by atoms with Gasteiger partial charge in [-0.1, -0.05) is 12.1 Å². The van der Waals surface area contributed by atoms with Gasteiger partial charge >= 0.3 is 0 Å². The second-order valence-electron chi connectivity index (χ2n) is 4.34. The zero-order valence-electron chi connectivity index (χ0n) is 11.5. The lowest BCUT2D eigenvalue weighted by Gasteiger charge is -2.15. The highest BCUT2D eigenvalue weighted by atomic mass is 35.5. The van der Waals surface area contributed by atoms with Gasteiger partial charge in [0.25, 0.3) is 0 Å². The molecule has 0 fully saturated rings. The van der Waals surface area contributed by atoms with Crippen LogP contribution >= 0.6 is 11.6 Å². The molecule has 0 unspecified atom stereocenters. The van der Waals surface area contributed by atoms with Crippen molar-refractivity contribution in [3.8, 4) is 11.5 Å². The van der Waals surface area contributed by atoms with Gasteiger partial charge in [0.15, 0.2) is 11.5 Å². The fourth-order valence-corrected chi connectivity index (χ4v) is 2.10. The van der Waals surface area contributed by atoms with Crippen molar-refractivity contribution in [3.05, 3.63) is 59.2 Å². The first-order valence-corrected chi connectivity index (χ1v) is 7.06. The normalized spacial score (nSPS) is 10.5. The number of rotatable bonds is 6. The molecule has 0 heterocycles. The first-order chi connectivity index (χ1) is 10.2. The van der Waals surface area contributed by atoms with E-state index in [2.05, 4.69) is 0 Å². The van der Waals surface area contributed by atoms with Crippen LogP contribution in [0.1, 0.15) is 18.1 Å². The number of hydrogen-bond acceptors (Lipinski definition) is 2. The van der Waals surface area contributed by atoms with Crippen molar-refractivity contribution in [3.63, 3.8) is 0 Å². The summed E-state index contributed by atoms with van der Waals surface area (Å²) in [5.74, 6) is 0.0299. The molecule has 112 valence electrons. The van der Waals surface area contributed by atoms with E-state index in [4.69, 9.17) is 21.1 Å². The van der Waals surface area contributed by atoms with Gasteiger partial charge in [-0.15, -0.1) is 11.6 Å². The first kappa shape index (κ1) is 15.6. The molecule has 0 aliphatic carbocycles. The number of alkyl halides is 1. The summed E-state index contributed by atoms with van der Waals surface area (Å²) in [6.45, 7) is 2.31. The molecule has 0 spiro atoms. The van der Waals surface area contributed by atoms with E-state index in [1.165, 1.54) is 12.1 Å². The van der Waals surface area contributed by atoms with Crippen molar-refractivity contribution < 1.29 is 18.3 Å². The Morgan fingerprint density at radius 3 is 2.52 bits per heavy atom. The highest BCUT2D eigenvalue weighted by Gasteiger charge is 2.12. The fourth-order valence-electron chi connectivity index (χ4n) is 1.89. The Labute approximate surface area is 127 Å². The van der Waals surface area contributed by atoms with Crippen molar-refractivity contribution >= 4 is 11.6 Å². The van der Waals surface area contributed by atoms with Gasteiger partial charge in [0, 0.05) is 17.2 Å². The smallest absolute Gasteiger partial charge is 0.166 e. The van der Waals surface area contributed by atoms with Crippen LogP contribution in [0.4, 0.5) is 8.78 Å². The Bertz CT molecular complexity index is 617. The van der Waals surface area contributed by atoms with Gasteiger partial charge in [0.1, 0.15) is 18.2 Å². The number of halogens is 3. The van der Waals surface area contributed by atoms with Crippen LogP contribution in [-0.4, -0.2) is 6.61 Å². The van der Waals surface area contributed by atoms with Crippen molar-refractivity contribution in [1.82, 2.24) is 0 Å². The topological polar surface area (TPSA) is 18.5 Å². The average molecular weight is 313 g/mol. The summed E-state index contributed by atoms with van der Waals surface area (Å²) in [5.41, 5.74) is 1.02. The lowest BCUT2D eigenvalue weighted by molar-refractivity contribution is 0.263.